The molecule has 1 saturated heterocycles. The number of morpholine rings is 1. The van der Waals surface area contributed by atoms with Gasteiger partial charge >= 0.3 is 12.0 Å². The predicted octanol–water partition coefficient (Wildman–Crippen LogP) is 1.06. The van der Waals surface area contributed by atoms with E-state index in [2.05, 4.69) is 5.32 Å². The highest BCUT2D eigenvalue weighted by Gasteiger charge is 2.43. The average molecular weight is 282 g/mol. The van der Waals surface area contributed by atoms with Crippen LogP contribution in [0.25, 0.3) is 0 Å². The molecule has 2 amide bonds. The van der Waals surface area contributed by atoms with Gasteiger partial charge in [-0.25, -0.2) is 4.79 Å². The highest BCUT2D eigenvalue weighted by Crippen LogP contribution is 2.44. The first kappa shape index (κ1) is 13.7. The number of ether oxygens (including phenoxy) is 1. The van der Waals surface area contributed by atoms with Crippen LogP contribution < -0.4 is 5.32 Å². The van der Waals surface area contributed by atoms with Crippen molar-refractivity contribution in [2.24, 2.45) is 11.8 Å². The minimum absolute atomic E-state index is 0.0507. The fraction of sp³-hybridized carbons (Fsp3) is 0.857. The number of amides is 2. The van der Waals surface area contributed by atoms with Crippen molar-refractivity contribution in [3.63, 3.8) is 0 Å². The molecule has 3 aliphatic rings. The summed E-state index contributed by atoms with van der Waals surface area (Å²) in [5, 5.41) is 12.1. The Kier molecular flexibility index (Phi) is 3.83. The molecule has 1 heterocycles. The van der Waals surface area contributed by atoms with Crippen molar-refractivity contribution in [3.05, 3.63) is 0 Å². The van der Waals surface area contributed by atoms with E-state index < -0.39 is 5.97 Å². The second-order valence-electron chi connectivity index (χ2n) is 6.17. The normalized spacial score (nSPS) is 26.6. The molecule has 2 N–H and O–H groups in total. The van der Waals surface area contributed by atoms with E-state index in [0.717, 1.165) is 0 Å². The molecule has 3 fully saturated rings. The summed E-state index contributed by atoms with van der Waals surface area (Å²) in [4.78, 5) is 25.0. The largest absolute Gasteiger partial charge is 0.481 e. The lowest BCUT2D eigenvalue weighted by Gasteiger charge is -2.36. The summed E-state index contributed by atoms with van der Waals surface area (Å²) in [5.74, 6) is 0.398. The van der Waals surface area contributed by atoms with Gasteiger partial charge in [-0.2, -0.15) is 0 Å². The van der Waals surface area contributed by atoms with E-state index >= 15 is 0 Å². The molecule has 0 bridgehead atoms. The summed E-state index contributed by atoms with van der Waals surface area (Å²) in [7, 11) is 0. The lowest BCUT2D eigenvalue weighted by Crippen LogP contribution is -2.55. The summed E-state index contributed by atoms with van der Waals surface area (Å²) < 4.78 is 5.30. The molecule has 20 heavy (non-hydrogen) atoms. The molecule has 0 aromatic heterocycles. The van der Waals surface area contributed by atoms with Gasteiger partial charge in [-0.15, -0.1) is 0 Å². The standard InChI is InChI=1S/C14H22N2O4/c17-12(18)7-11-8-20-6-5-16(11)14(19)15-13(9-1-2-9)10-3-4-10/h9-11,13H,1-8H2,(H,15,19)(H,17,18). The molecule has 3 rings (SSSR count). The molecule has 2 saturated carbocycles. The minimum Gasteiger partial charge on any atom is -0.481 e. The molecule has 112 valence electrons. The molecule has 1 unspecified atom stereocenters. The number of carboxylic acid groups (broad SMARTS) is 1. The van der Waals surface area contributed by atoms with Crippen LogP contribution >= 0.6 is 0 Å². The molecule has 6 heteroatoms. The third kappa shape index (κ3) is 3.23. The first-order valence-electron chi connectivity index (χ1n) is 7.52. The van der Waals surface area contributed by atoms with Crippen molar-refractivity contribution in [3.8, 4) is 0 Å². The van der Waals surface area contributed by atoms with E-state index in [-0.39, 0.29) is 18.5 Å². The van der Waals surface area contributed by atoms with Gasteiger partial charge in [-0.1, -0.05) is 0 Å². The van der Waals surface area contributed by atoms with Crippen LogP contribution in [0, 0.1) is 11.8 Å². The van der Waals surface area contributed by atoms with E-state index in [0.29, 0.717) is 37.6 Å². The van der Waals surface area contributed by atoms with Gasteiger partial charge in [0.15, 0.2) is 0 Å². The van der Waals surface area contributed by atoms with Crippen LogP contribution in [0.15, 0.2) is 0 Å². The summed E-state index contributed by atoms with van der Waals surface area (Å²) >= 11 is 0. The number of aliphatic carboxylic acids is 1. The fourth-order valence-corrected chi connectivity index (χ4v) is 3.05. The molecular formula is C14H22N2O4. The number of hydrogen-bond acceptors (Lipinski definition) is 3. The second-order valence-corrected chi connectivity index (χ2v) is 6.17. The lowest BCUT2D eigenvalue weighted by molar-refractivity contribution is -0.139. The maximum absolute atomic E-state index is 12.4. The van der Waals surface area contributed by atoms with Gasteiger partial charge in [0.05, 0.1) is 25.7 Å². The van der Waals surface area contributed by atoms with Crippen molar-refractivity contribution < 1.29 is 19.4 Å². The Morgan fingerprint density at radius 3 is 2.45 bits per heavy atom. The summed E-state index contributed by atoms with van der Waals surface area (Å²) in [6.07, 6.45) is 4.80. The van der Waals surface area contributed by atoms with Gasteiger partial charge in [0.2, 0.25) is 0 Å². The van der Waals surface area contributed by atoms with Crippen LogP contribution in [-0.4, -0.2) is 53.8 Å². The van der Waals surface area contributed by atoms with E-state index in [1.165, 1.54) is 25.7 Å². The molecule has 0 spiro atoms. The van der Waals surface area contributed by atoms with Gasteiger partial charge in [0.25, 0.3) is 0 Å². The molecule has 6 nitrogen and oxygen atoms in total. The van der Waals surface area contributed by atoms with E-state index in [1.54, 1.807) is 4.90 Å². The molecule has 0 radical (unpaired) electrons. The quantitative estimate of drug-likeness (QED) is 0.790. The van der Waals surface area contributed by atoms with Crippen LogP contribution in [0.2, 0.25) is 0 Å². The van der Waals surface area contributed by atoms with Gasteiger partial charge in [-0.05, 0) is 37.5 Å². The van der Waals surface area contributed by atoms with Crippen molar-refractivity contribution >= 4 is 12.0 Å². The Morgan fingerprint density at radius 1 is 1.25 bits per heavy atom. The number of urea groups is 1. The second kappa shape index (κ2) is 5.60. The SMILES string of the molecule is O=C(O)CC1COCCN1C(=O)NC(C1CC1)C1CC1. The number of carbonyl (C=O) groups is 2. The molecule has 1 aliphatic heterocycles. The Balaban J connectivity index is 1.59. The zero-order valence-corrected chi connectivity index (χ0v) is 11.6. The first-order valence-corrected chi connectivity index (χ1v) is 7.52. The maximum atomic E-state index is 12.4. The van der Waals surface area contributed by atoms with E-state index in [4.69, 9.17) is 9.84 Å². The van der Waals surface area contributed by atoms with Crippen molar-refractivity contribution in [2.45, 2.75) is 44.2 Å². The monoisotopic (exact) mass is 282 g/mol. The summed E-state index contributed by atoms with van der Waals surface area (Å²) in [5.41, 5.74) is 0. The molecular weight excluding hydrogens is 260 g/mol. The Hall–Kier alpha value is -1.30. The predicted molar refractivity (Wildman–Crippen MR) is 71.3 cm³/mol. The fourth-order valence-electron chi connectivity index (χ4n) is 3.05. The third-order valence-electron chi connectivity index (χ3n) is 4.45. The molecule has 0 aromatic rings. The Labute approximate surface area is 118 Å². The van der Waals surface area contributed by atoms with Crippen molar-refractivity contribution in [1.29, 1.82) is 0 Å². The Morgan fingerprint density at radius 2 is 1.90 bits per heavy atom. The van der Waals surface area contributed by atoms with E-state index in [1.807, 2.05) is 0 Å². The van der Waals surface area contributed by atoms with Crippen LogP contribution in [0.3, 0.4) is 0 Å². The minimum atomic E-state index is -0.890. The number of nitrogens with one attached hydrogen (secondary N) is 1. The molecule has 1 atom stereocenters. The maximum Gasteiger partial charge on any atom is 0.318 e. The highest BCUT2D eigenvalue weighted by atomic mass is 16.5. The number of hydrogen-bond donors (Lipinski definition) is 2. The number of carbonyl (C=O) groups excluding carboxylic acids is 1. The van der Waals surface area contributed by atoms with Crippen LogP contribution in [0.5, 0.6) is 0 Å². The lowest BCUT2D eigenvalue weighted by atomic mass is 10.1. The van der Waals surface area contributed by atoms with Gasteiger partial charge in [0, 0.05) is 12.6 Å². The third-order valence-corrected chi connectivity index (χ3v) is 4.45. The number of carboxylic acids is 1. The highest BCUT2D eigenvalue weighted by molar-refractivity contribution is 5.76. The smallest absolute Gasteiger partial charge is 0.318 e. The molecule has 2 aliphatic carbocycles. The van der Waals surface area contributed by atoms with Crippen LogP contribution in [0.1, 0.15) is 32.1 Å². The van der Waals surface area contributed by atoms with Gasteiger partial charge in [0.1, 0.15) is 0 Å². The zero-order valence-electron chi connectivity index (χ0n) is 11.6. The van der Waals surface area contributed by atoms with Crippen molar-refractivity contribution in [2.75, 3.05) is 19.8 Å². The topological polar surface area (TPSA) is 78.9 Å². The van der Waals surface area contributed by atoms with Crippen molar-refractivity contribution in [1.82, 2.24) is 10.2 Å². The first-order chi connectivity index (χ1) is 9.65. The zero-order chi connectivity index (χ0) is 14.1. The summed E-state index contributed by atoms with van der Waals surface area (Å²) in [6.45, 7) is 1.28. The number of rotatable bonds is 5. The van der Waals surface area contributed by atoms with Gasteiger partial charge < -0.3 is 20.1 Å². The molecule has 0 aromatic carbocycles. The Bertz CT molecular complexity index is 381. The summed E-state index contributed by atoms with van der Waals surface area (Å²) in [6, 6.07) is -0.153. The van der Waals surface area contributed by atoms with Crippen LogP contribution in [-0.2, 0) is 9.53 Å². The van der Waals surface area contributed by atoms with Crippen LogP contribution in [0.4, 0.5) is 4.79 Å². The number of nitrogens with zero attached hydrogens (tertiary/aromatic N) is 1. The van der Waals surface area contributed by atoms with E-state index in [9.17, 15) is 9.59 Å². The average Bonchev–Trinajstić information content (AvgIpc) is 3.28. The van der Waals surface area contributed by atoms with Gasteiger partial charge in [-0.3, -0.25) is 4.79 Å².